The molecule has 0 aliphatic carbocycles. The first kappa shape index (κ1) is 21.7. The molecule has 2 atom stereocenters. The second-order valence-corrected chi connectivity index (χ2v) is 7.69. The van der Waals surface area contributed by atoms with Crippen LogP contribution < -0.4 is 10.2 Å². The summed E-state index contributed by atoms with van der Waals surface area (Å²) in [7, 11) is 2.10. The molecule has 1 amide bonds. The van der Waals surface area contributed by atoms with Gasteiger partial charge in [-0.3, -0.25) is 14.9 Å². The molecule has 160 valence electrons. The van der Waals surface area contributed by atoms with Crippen molar-refractivity contribution in [3.63, 3.8) is 0 Å². The summed E-state index contributed by atoms with van der Waals surface area (Å²) in [5.74, 6) is -0.358. The summed E-state index contributed by atoms with van der Waals surface area (Å²) in [6, 6.07) is 15.9. The van der Waals surface area contributed by atoms with Crippen molar-refractivity contribution in [2.75, 3.05) is 44.7 Å². The SMILES string of the molecule is CN1CCN(c2ccc(C(=O)N[C@@H](Cc3ccccc3)[C@H](O)C[N+](=O)[O-])cc2)CC1. The molecule has 8 nitrogen and oxygen atoms in total. The Morgan fingerprint density at radius 1 is 1.10 bits per heavy atom. The zero-order valence-corrected chi connectivity index (χ0v) is 17.1. The van der Waals surface area contributed by atoms with Crippen molar-refractivity contribution in [2.45, 2.75) is 18.6 Å². The molecule has 0 saturated carbocycles. The minimum atomic E-state index is -1.28. The quantitative estimate of drug-likeness (QED) is 0.503. The van der Waals surface area contributed by atoms with Crippen LogP contribution >= 0.6 is 0 Å². The third kappa shape index (κ3) is 6.01. The molecule has 2 N–H and O–H groups in total. The van der Waals surface area contributed by atoms with Gasteiger partial charge in [-0.25, -0.2) is 0 Å². The summed E-state index contributed by atoms with van der Waals surface area (Å²) in [5, 5.41) is 23.9. The molecular weight excluding hydrogens is 384 g/mol. The van der Waals surface area contributed by atoms with Crippen LogP contribution in [-0.2, 0) is 6.42 Å². The van der Waals surface area contributed by atoms with E-state index in [0.717, 1.165) is 37.4 Å². The van der Waals surface area contributed by atoms with E-state index >= 15 is 0 Å². The van der Waals surface area contributed by atoms with Gasteiger partial charge in [-0.2, -0.15) is 0 Å². The summed E-state index contributed by atoms with van der Waals surface area (Å²) >= 11 is 0. The van der Waals surface area contributed by atoms with Gasteiger partial charge in [-0.15, -0.1) is 0 Å². The largest absolute Gasteiger partial charge is 0.384 e. The first-order valence-corrected chi connectivity index (χ1v) is 10.1. The maximum absolute atomic E-state index is 12.8. The highest BCUT2D eigenvalue weighted by atomic mass is 16.6. The fourth-order valence-electron chi connectivity index (χ4n) is 3.57. The second-order valence-electron chi connectivity index (χ2n) is 7.69. The number of nitrogens with zero attached hydrogens (tertiary/aromatic N) is 3. The zero-order chi connectivity index (χ0) is 21.5. The Hall–Kier alpha value is -2.97. The third-order valence-corrected chi connectivity index (χ3v) is 5.41. The zero-order valence-electron chi connectivity index (χ0n) is 17.1. The van der Waals surface area contributed by atoms with Gasteiger partial charge in [0, 0.05) is 42.4 Å². The molecule has 0 radical (unpaired) electrons. The molecule has 30 heavy (non-hydrogen) atoms. The van der Waals surface area contributed by atoms with E-state index in [-0.39, 0.29) is 5.91 Å². The van der Waals surface area contributed by atoms with E-state index in [1.165, 1.54) is 0 Å². The maximum atomic E-state index is 12.8. The van der Waals surface area contributed by atoms with Crippen molar-refractivity contribution in [1.82, 2.24) is 10.2 Å². The number of nitro groups is 1. The molecule has 0 aromatic heterocycles. The van der Waals surface area contributed by atoms with E-state index < -0.39 is 23.6 Å². The first-order chi connectivity index (χ1) is 14.4. The highest BCUT2D eigenvalue weighted by Crippen LogP contribution is 2.17. The summed E-state index contributed by atoms with van der Waals surface area (Å²) in [4.78, 5) is 27.6. The smallest absolute Gasteiger partial charge is 0.251 e. The van der Waals surface area contributed by atoms with Crippen LogP contribution in [0.1, 0.15) is 15.9 Å². The Morgan fingerprint density at radius 2 is 1.73 bits per heavy atom. The number of hydrogen-bond donors (Lipinski definition) is 2. The Labute approximate surface area is 176 Å². The van der Waals surface area contributed by atoms with Crippen LogP contribution in [0.15, 0.2) is 54.6 Å². The second kappa shape index (κ2) is 10.2. The highest BCUT2D eigenvalue weighted by Gasteiger charge is 2.26. The van der Waals surface area contributed by atoms with E-state index in [0.29, 0.717) is 12.0 Å². The van der Waals surface area contributed by atoms with E-state index in [2.05, 4.69) is 22.2 Å². The van der Waals surface area contributed by atoms with Gasteiger partial charge in [0.25, 0.3) is 5.91 Å². The standard InChI is InChI=1S/C22H28N4O4/c1-24-11-13-25(14-12-24)19-9-7-18(8-10-19)22(28)23-20(21(27)16-26(29)30)15-17-5-3-2-4-6-17/h2-10,20-21,27H,11-16H2,1H3,(H,23,28)/t20-,21+/m0/s1. The van der Waals surface area contributed by atoms with Crippen molar-refractivity contribution < 1.29 is 14.8 Å². The van der Waals surface area contributed by atoms with Gasteiger partial charge in [0.1, 0.15) is 6.10 Å². The van der Waals surface area contributed by atoms with Gasteiger partial charge in [0.15, 0.2) is 0 Å². The Morgan fingerprint density at radius 3 is 2.33 bits per heavy atom. The molecule has 1 aliphatic rings. The minimum Gasteiger partial charge on any atom is -0.384 e. The Kier molecular flexibility index (Phi) is 7.37. The number of hydrogen-bond acceptors (Lipinski definition) is 6. The number of amides is 1. The van der Waals surface area contributed by atoms with Crippen LogP contribution in [0.5, 0.6) is 0 Å². The van der Waals surface area contributed by atoms with Crippen LogP contribution in [0.4, 0.5) is 5.69 Å². The van der Waals surface area contributed by atoms with Crippen molar-refractivity contribution in [2.24, 2.45) is 0 Å². The lowest BCUT2D eigenvalue weighted by Crippen LogP contribution is -2.47. The Balaban J connectivity index is 1.67. The van der Waals surface area contributed by atoms with E-state index in [4.69, 9.17) is 0 Å². The molecule has 1 aliphatic heterocycles. The molecule has 1 saturated heterocycles. The van der Waals surface area contributed by atoms with Crippen LogP contribution in [0, 0.1) is 10.1 Å². The normalized spacial score (nSPS) is 16.7. The predicted octanol–water partition coefficient (Wildman–Crippen LogP) is 1.42. The van der Waals surface area contributed by atoms with Crippen LogP contribution in [0.25, 0.3) is 0 Å². The Bertz CT molecular complexity index is 836. The van der Waals surface area contributed by atoms with Crippen molar-refractivity contribution in [1.29, 1.82) is 0 Å². The molecule has 0 unspecified atom stereocenters. The maximum Gasteiger partial charge on any atom is 0.251 e. The number of carbonyl (C=O) groups excluding carboxylic acids is 1. The third-order valence-electron chi connectivity index (χ3n) is 5.41. The lowest BCUT2D eigenvalue weighted by molar-refractivity contribution is -0.491. The average Bonchev–Trinajstić information content (AvgIpc) is 2.74. The molecule has 2 aromatic rings. The number of piperazine rings is 1. The number of nitrogens with one attached hydrogen (secondary N) is 1. The fraction of sp³-hybridized carbons (Fsp3) is 0.409. The lowest BCUT2D eigenvalue weighted by Gasteiger charge is -2.34. The van der Waals surface area contributed by atoms with Gasteiger partial charge in [-0.05, 0) is 43.3 Å². The number of aliphatic hydroxyl groups excluding tert-OH is 1. The highest BCUT2D eigenvalue weighted by molar-refractivity contribution is 5.94. The number of aliphatic hydroxyl groups is 1. The molecule has 1 fully saturated rings. The fourth-order valence-corrected chi connectivity index (χ4v) is 3.57. The molecule has 8 heteroatoms. The summed E-state index contributed by atoms with van der Waals surface area (Å²) < 4.78 is 0. The number of likely N-dealkylation sites (N-methyl/N-ethyl adjacent to an activating group) is 1. The van der Waals surface area contributed by atoms with Gasteiger partial charge in [0.05, 0.1) is 6.04 Å². The summed E-state index contributed by atoms with van der Waals surface area (Å²) in [6.07, 6.45) is -0.977. The van der Waals surface area contributed by atoms with Crippen molar-refractivity contribution in [3.05, 3.63) is 75.8 Å². The average molecular weight is 412 g/mol. The van der Waals surface area contributed by atoms with E-state index in [1.54, 1.807) is 12.1 Å². The molecule has 3 rings (SSSR count). The van der Waals surface area contributed by atoms with E-state index in [9.17, 15) is 20.0 Å². The number of benzene rings is 2. The lowest BCUT2D eigenvalue weighted by atomic mass is 10.0. The molecule has 0 spiro atoms. The predicted molar refractivity (Wildman–Crippen MR) is 115 cm³/mol. The summed E-state index contributed by atoms with van der Waals surface area (Å²) in [5.41, 5.74) is 2.41. The molecule has 2 aromatic carbocycles. The molecule has 0 bridgehead atoms. The van der Waals surface area contributed by atoms with Gasteiger partial charge >= 0.3 is 0 Å². The number of rotatable bonds is 8. The topological polar surface area (TPSA) is 99.0 Å². The minimum absolute atomic E-state index is 0.307. The number of carbonyl (C=O) groups is 1. The van der Waals surface area contributed by atoms with Crippen LogP contribution in [0.2, 0.25) is 0 Å². The molecular formula is C22H28N4O4. The van der Waals surface area contributed by atoms with Crippen LogP contribution in [0.3, 0.4) is 0 Å². The van der Waals surface area contributed by atoms with Crippen LogP contribution in [-0.4, -0.2) is 72.8 Å². The van der Waals surface area contributed by atoms with Gasteiger partial charge < -0.3 is 20.2 Å². The first-order valence-electron chi connectivity index (χ1n) is 10.1. The monoisotopic (exact) mass is 412 g/mol. The van der Waals surface area contributed by atoms with Gasteiger partial charge in [0.2, 0.25) is 6.54 Å². The van der Waals surface area contributed by atoms with Crippen molar-refractivity contribution >= 4 is 11.6 Å². The summed E-state index contributed by atoms with van der Waals surface area (Å²) in [6.45, 7) is 3.25. The van der Waals surface area contributed by atoms with E-state index in [1.807, 2.05) is 42.5 Å². The van der Waals surface area contributed by atoms with Gasteiger partial charge in [-0.1, -0.05) is 30.3 Å². The molecule has 1 heterocycles. The van der Waals surface area contributed by atoms with Crippen molar-refractivity contribution in [3.8, 4) is 0 Å². The number of anilines is 1.